The normalized spacial score (nSPS) is 18.2. The van der Waals surface area contributed by atoms with Gasteiger partial charge in [0, 0.05) is 24.8 Å². The van der Waals surface area contributed by atoms with E-state index in [4.69, 9.17) is 0 Å². The summed E-state index contributed by atoms with van der Waals surface area (Å²) in [6, 6.07) is 5.91. The number of hydrogen-bond acceptors (Lipinski definition) is 5. The number of benzene rings is 1. The summed E-state index contributed by atoms with van der Waals surface area (Å²) in [5, 5.41) is 15.6. The lowest BCUT2D eigenvalue weighted by atomic mass is 10.2. The lowest BCUT2D eigenvalue weighted by Gasteiger charge is -2.20. The predicted molar refractivity (Wildman–Crippen MR) is 75.6 cm³/mol. The maximum Gasteiger partial charge on any atom is 0.292 e. The molecule has 0 radical (unpaired) electrons. The summed E-state index contributed by atoms with van der Waals surface area (Å²) < 4.78 is 0. The Bertz CT molecular complexity index is 549. The van der Waals surface area contributed by atoms with E-state index in [-0.39, 0.29) is 23.7 Å². The second kappa shape index (κ2) is 6.38. The van der Waals surface area contributed by atoms with Crippen molar-refractivity contribution in [2.45, 2.75) is 11.7 Å². The first-order valence-corrected chi connectivity index (χ1v) is 7.05. The lowest BCUT2D eigenvalue weighted by Crippen LogP contribution is -2.40. The lowest BCUT2D eigenvalue weighted by molar-refractivity contribution is -0.383. The van der Waals surface area contributed by atoms with Crippen molar-refractivity contribution < 1.29 is 14.5 Å². The maximum atomic E-state index is 11.9. The molecule has 7 nitrogen and oxygen atoms in total. The Morgan fingerprint density at radius 3 is 2.95 bits per heavy atom. The number of hydrogen-bond donors (Lipinski definition) is 2. The minimum absolute atomic E-state index is 0.00253. The van der Waals surface area contributed by atoms with Crippen molar-refractivity contribution in [3.05, 3.63) is 34.4 Å². The van der Waals surface area contributed by atoms with Gasteiger partial charge in [0.1, 0.15) is 5.69 Å². The van der Waals surface area contributed by atoms with Gasteiger partial charge in [-0.05, 0) is 6.07 Å². The highest BCUT2D eigenvalue weighted by Gasteiger charge is 2.26. The zero-order valence-electron chi connectivity index (χ0n) is 10.5. The van der Waals surface area contributed by atoms with Crippen molar-refractivity contribution in [3.63, 3.8) is 0 Å². The van der Waals surface area contributed by atoms with Gasteiger partial charge >= 0.3 is 0 Å². The van der Waals surface area contributed by atoms with Gasteiger partial charge in [0.2, 0.25) is 11.8 Å². The predicted octanol–water partition coefficient (Wildman–Crippen LogP) is 1.15. The summed E-state index contributed by atoms with van der Waals surface area (Å²) >= 11 is 1.41. The second-order valence-corrected chi connectivity index (χ2v) is 5.49. The highest BCUT2D eigenvalue weighted by atomic mass is 32.2. The van der Waals surface area contributed by atoms with Crippen molar-refractivity contribution in [1.29, 1.82) is 0 Å². The van der Waals surface area contributed by atoms with Gasteiger partial charge < -0.3 is 10.6 Å². The van der Waals surface area contributed by atoms with Crippen LogP contribution in [-0.4, -0.2) is 34.3 Å². The van der Waals surface area contributed by atoms with Gasteiger partial charge in [-0.3, -0.25) is 19.7 Å². The van der Waals surface area contributed by atoms with Crippen LogP contribution in [0, 0.1) is 10.1 Å². The Hall–Kier alpha value is -2.09. The zero-order valence-corrected chi connectivity index (χ0v) is 11.3. The largest absolute Gasteiger partial charge is 0.354 e. The van der Waals surface area contributed by atoms with E-state index in [1.54, 1.807) is 6.07 Å². The van der Waals surface area contributed by atoms with Crippen LogP contribution in [0.3, 0.4) is 0 Å². The summed E-state index contributed by atoms with van der Waals surface area (Å²) in [6.45, 7) is 0.603. The van der Waals surface area contributed by atoms with Gasteiger partial charge in [-0.1, -0.05) is 12.1 Å². The molecule has 0 aromatic heterocycles. The van der Waals surface area contributed by atoms with Gasteiger partial charge in [-0.25, -0.2) is 0 Å². The van der Waals surface area contributed by atoms with Crippen LogP contribution < -0.4 is 10.6 Å². The number of nitro benzene ring substituents is 1. The van der Waals surface area contributed by atoms with Crippen molar-refractivity contribution in [2.75, 3.05) is 17.6 Å². The van der Waals surface area contributed by atoms with Crippen LogP contribution in [0.1, 0.15) is 6.42 Å². The maximum absolute atomic E-state index is 11.9. The molecule has 1 aromatic carbocycles. The molecule has 1 fully saturated rings. The van der Waals surface area contributed by atoms with Gasteiger partial charge in [-0.2, -0.15) is 0 Å². The quantitative estimate of drug-likeness (QED) is 0.641. The van der Waals surface area contributed by atoms with Crippen molar-refractivity contribution >= 4 is 35.0 Å². The zero-order chi connectivity index (χ0) is 14.5. The first kappa shape index (κ1) is 14.3. The highest BCUT2D eigenvalue weighted by molar-refractivity contribution is 8.00. The van der Waals surface area contributed by atoms with Gasteiger partial charge in [-0.15, -0.1) is 11.8 Å². The van der Waals surface area contributed by atoms with Gasteiger partial charge in [0.05, 0.1) is 10.2 Å². The third-order valence-electron chi connectivity index (χ3n) is 2.76. The number of nitrogens with one attached hydrogen (secondary N) is 2. The third-order valence-corrected chi connectivity index (χ3v) is 3.98. The van der Waals surface area contributed by atoms with E-state index < -0.39 is 16.1 Å². The fraction of sp³-hybridized carbons (Fsp3) is 0.333. The molecule has 1 aromatic rings. The Labute approximate surface area is 119 Å². The Balaban J connectivity index is 2.01. The number of thioether (sulfide) groups is 1. The Morgan fingerprint density at radius 1 is 1.50 bits per heavy atom. The molecule has 1 heterocycles. The molecular weight excluding hydrogens is 282 g/mol. The molecule has 106 valence electrons. The van der Waals surface area contributed by atoms with Crippen LogP contribution in [0.15, 0.2) is 24.3 Å². The van der Waals surface area contributed by atoms with Crippen LogP contribution in [0.25, 0.3) is 0 Å². The van der Waals surface area contributed by atoms with Crippen LogP contribution in [0.4, 0.5) is 11.4 Å². The molecular formula is C12H13N3O4S. The molecule has 1 aliphatic rings. The summed E-state index contributed by atoms with van der Waals surface area (Å²) in [7, 11) is 0. The smallest absolute Gasteiger partial charge is 0.292 e. The molecule has 2 N–H and O–H groups in total. The van der Waals surface area contributed by atoms with Crippen LogP contribution >= 0.6 is 11.8 Å². The molecule has 20 heavy (non-hydrogen) atoms. The highest BCUT2D eigenvalue weighted by Crippen LogP contribution is 2.24. The minimum atomic E-state index is -0.558. The fourth-order valence-electron chi connectivity index (χ4n) is 1.82. The van der Waals surface area contributed by atoms with E-state index in [0.717, 1.165) is 5.75 Å². The molecule has 2 rings (SSSR count). The standard InChI is InChI=1S/C12H13N3O4S/c16-11(7-10-12(17)13-5-6-20-10)14-8-3-1-2-4-9(8)15(18)19/h1-4,10H,5-7H2,(H,13,17)(H,14,16). The molecule has 8 heteroatoms. The fourth-order valence-corrected chi connectivity index (χ4v) is 2.83. The van der Waals surface area contributed by atoms with Crippen molar-refractivity contribution in [2.24, 2.45) is 0 Å². The average molecular weight is 295 g/mol. The summed E-state index contributed by atoms with van der Waals surface area (Å²) in [4.78, 5) is 33.7. The van der Waals surface area contributed by atoms with Crippen molar-refractivity contribution in [3.8, 4) is 0 Å². The number of carbonyl (C=O) groups is 2. The molecule has 1 atom stereocenters. The third kappa shape index (κ3) is 3.47. The number of nitrogens with zero attached hydrogens (tertiary/aromatic N) is 1. The topological polar surface area (TPSA) is 101 Å². The SMILES string of the molecule is O=C(CC1SCCNC1=O)Nc1ccccc1[N+](=O)[O-]. The molecule has 0 saturated carbocycles. The van der Waals surface area contributed by atoms with E-state index >= 15 is 0 Å². The number of anilines is 1. The summed E-state index contributed by atoms with van der Waals surface area (Å²) in [5.74, 6) is 0.183. The summed E-state index contributed by atoms with van der Waals surface area (Å²) in [5.41, 5.74) is -0.0229. The molecule has 0 spiro atoms. The monoisotopic (exact) mass is 295 g/mol. The number of nitro groups is 1. The van der Waals surface area contributed by atoms with E-state index in [1.165, 1.54) is 30.0 Å². The van der Waals surface area contributed by atoms with Gasteiger partial charge in [0.25, 0.3) is 5.69 Å². The molecule has 1 unspecified atom stereocenters. The Morgan fingerprint density at radius 2 is 2.25 bits per heavy atom. The first-order chi connectivity index (χ1) is 9.58. The van der Waals surface area contributed by atoms with Gasteiger partial charge in [0.15, 0.2) is 0 Å². The molecule has 2 amide bonds. The average Bonchev–Trinajstić information content (AvgIpc) is 2.41. The van der Waals surface area contributed by atoms with E-state index in [2.05, 4.69) is 10.6 Å². The second-order valence-electron chi connectivity index (χ2n) is 4.18. The number of para-hydroxylation sites is 2. The Kier molecular flexibility index (Phi) is 4.57. The first-order valence-electron chi connectivity index (χ1n) is 6.00. The molecule has 0 bridgehead atoms. The van der Waals surface area contributed by atoms with Crippen LogP contribution in [-0.2, 0) is 9.59 Å². The number of amides is 2. The molecule has 1 aliphatic heterocycles. The van der Waals surface area contributed by atoms with Crippen molar-refractivity contribution in [1.82, 2.24) is 5.32 Å². The van der Waals surface area contributed by atoms with E-state index in [9.17, 15) is 19.7 Å². The molecule has 0 aliphatic carbocycles. The molecule has 1 saturated heterocycles. The van der Waals surface area contributed by atoms with E-state index in [1.807, 2.05) is 0 Å². The number of carbonyl (C=O) groups excluding carboxylic acids is 2. The van der Waals surface area contributed by atoms with Crippen LogP contribution in [0.5, 0.6) is 0 Å². The number of rotatable bonds is 4. The van der Waals surface area contributed by atoms with E-state index in [0.29, 0.717) is 6.54 Å². The van der Waals surface area contributed by atoms with Crippen LogP contribution in [0.2, 0.25) is 0 Å². The minimum Gasteiger partial charge on any atom is -0.354 e. The summed E-state index contributed by atoms with van der Waals surface area (Å²) in [6.07, 6.45) is 0.00253.